The molecule has 6 nitrogen and oxygen atoms in total. The fourth-order valence-electron chi connectivity index (χ4n) is 2.94. The lowest BCUT2D eigenvalue weighted by atomic mass is 10.1. The number of nitrogens with one attached hydrogen (secondary N) is 2. The summed E-state index contributed by atoms with van der Waals surface area (Å²) in [7, 11) is 0. The van der Waals surface area contributed by atoms with Crippen molar-refractivity contribution in [1.29, 1.82) is 0 Å². The maximum atomic E-state index is 13.6. The summed E-state index contributed by atoms with van der Waals surface area (Å²) >= 11 is 0. The van der Waals surface area contributed by atoms with Crippen LogP contribution in [0.2, 0.25) is 0 Å². The Morgan fingerprint density at radius 1 is 1.07 bits per heavy atom. The van der Waals surface area contributed by atoms with E-state index in [0.29, 0.717) is 18.7 Å². The maximum absolute atomic E-state index is 13.6. The molecule has 0 saturated carbocycles. The maximum Gasteiger partial charge on any atom is 0.253 e. The number of benzene rings is 2. The van der Waals surface area contributed by atoms with Crippen molar-refractivity contribution in [1.82, 2.24) is 0 Å². The van der Waals surface area contributed by atoms with Crippen LogP contribution in [-0.2, 0) is 20.7 Å². The van der Waals surface area contributed by atoms with Crippen LogP contribution in [0.3, 0.4) is 0 Å². The first-order valence-corrected chi connectivity index (χ1v) is 8.85. The molecular weight excluding hydrogens is 349 g/mol. The van der Waals surface area contributed by atoms with Crippen molar-refractivity contribution in [3.63, 3.8) is 0 Å². The summed E-state index contributed by atoms with van der Waals surface area (Å²) < 4.78 is 19.1. The summed E-state index contributed by atoms with van der Waals surface area (Å²) in [5, 5.41) is 5.34. The molecule has 142 valence electrons. The van der Waals surface area contributed by atoms with Gasteiger partial charge < -0.3 is 21.1 Å². The van der Waals surface area contributed by atoms with Gasteiger partial charge in [-0.25, -0.2) is 4.39 Å². The number of amides is 2. The fourth-order valence-corrected chi connectivity index (χ4v) is 2.94. The van der Waals surface area contributed by atoms with Crippen molar-refractivity contribution < 1.29 is 18.7 Å². The smallest absolute Gasteiger partial charge is 0.253 e. The Balaban J connectivity index is 1.52. The van der Waals surface area contributed by atoms with Crippen LogP contribution in [0.4, 0.5) is 15.8 Å². The number of para-hydroxylation sites is 1. The van der Waals surface area contributed by atoms with E-state index >= 15 is 0 Å². The predicted molar refractivity (Wildman–Crippen MR) is 101 cm³/mol. The highest BCUT2D eigenvalue weighted by Gasteiger charge is 2.29. The van der Waals surface area contributed by atoms with Crippen LogP contribution in [0.5, 0.6) is 0 Å². The highest BCUT2D eigenvalue weighted by atomic mass is 19.1. The zero-order valence-electron chi connectivity index (χ0n) is 14.8. The molecule has 0 unspecified atom stereocenters. The minimum absolute atomic E-state index is 0.0592. The first-order chi connectivity index (χ1) is 13.0. The van der Waals surface area contributed by atoms with E-state index in [1.54, 1.807) is 36.4 Å². The molecule has 0 radical (unpaired) electrons. The number of halogens is 1. The Labute approximate surface area is 156 Å². The molecule has 1 saturated heterocycles. The van der Waals surface area contributed by atoms with Crippen molar-refractivity contribution in [2.75, 3.05) is 17.2 Å². The number of anilines is 2. The van der Waals surface area contributed by atoms with Crippen LogP contribution >= 0.6 is 0 Å². The topological polar surface area (TPSA) is 93.5 Å². The molecule has 0 bridgehead atoms. The summed E-state index contributed by atoms with van der Waals surface area (Å²) in [4.78, 5) is 24.3. The van der Waals surface area contributed by atoms with Gasteiger partial charge in [0.2, 0.25) is 5.91 Å². The van der Waals surface area contributed by atoms with Gasteiger partial charge >= 0.3 is 0 Å². The molecular formula is C20H22FN3O3. The lowest BCUT2D eigenvalue weighted by Gasteiger charge is -2.13. The Hall–Kier alpha value is -2.77. The van der Waals surface area contributed by atoms with Crippen molar-refractivity contribution in [2.45, 2.75) is 31.5 Å². The molecule has 1 aliphatic rings. The average molecular weight is 371 g/mol. The Morgan fingerprint density at radius 2 is 1.81 bits per heavy atom. The number of nitrogens with two attached hydrogens (primary N) is 1. The number of carbonyl (C=O) groups excluding carboxylic acids is 2. The number of hydrogen-bond acceptors (Lipinski definition) is 4. The summed E-state index contributed by atoms with van der Waals surface area (Å²) in [5.41, 5.74) is 7.08. The van der Waals surface area contributed by atoms with Crippen molar-refractivity contribution in [2.24, 2.45) is 5.73 Å². The van der Waals surface area contributed by atoms with Gasteiger partial charge in [0, 0.05) is 12.2 Å². The van der Waals surface area contributed by atoms with Crippen LogP contribution < -0.4 is 16.4 Å². The molecule has 2 atom stereocenters. The zero-order chi connectivity index (χ0) is 19.2. The molecule has 2 aromatic rings. The molecule has 4 N–H and O–H groups in total. The molecule has 2 aromatic carbocycles. The first-order valence-electron chi connectivity index (χ1n) is 8.85. The SMILES string of the molecule is NC[C@H]1CC[C@@H](C(=O)Nc2ccc(CC(=O)Nc3ccccc3F)cc2)O1. The highest BCUT2D eigenvalue weighted by molar-refractivity contribution is 5.95. The second kappa shape index (κ2) is 8.75. The second-order valence-corrected chi connectivity index (χ2v) is 6.45. The molecule has 1 fully saturated rings. The minimum atomic E-state index is -0.482. The van der Waals surface area contributed by atoms with E-state index in [-0.39, 0.29) is 30.0 Å². The van der Waals surface area contributed by atoms with E-state index in [9.17, 15) is 14.0 Å². The standard InChI is InChI=1S/C20H22FN3O3/c21-16-3-1-2-4-17(16)24-19(25)11-13-5-7-14(8-6-13)23-20(26)18-10-9-15(12-22)27-18/h1-8,15,18H,9-12,22H2,(H,23,26)(H,24,25)/t15-,18+/m1/s1. The van der Waals surface area contributed by atoms with Gasteiger partial charge in [-0.15, -0.1) is 0 Å². The third-order valence-electron chi connectivity index (χ3n) is 4.40. The normalized spacial score (nSPS) is 18.9. The summed E-state index contributed by atoms with van der Waals surface area (Å²) in [6.07, 6.45) is 1.000. The number of hydrogen-bond donors (Lipinski definition) is 3. The zero-order valence-corrected chi connectivity index (χ0v) is 14.8. The van der Waals surface area contributed by atoms with Crippen LogP contribution in [0.15, 0.2) is 48.5 Å². The van der Waals surface area contributed by atoms with E-state index in [1.807, 2.05) is 0 Å². The van der Waals surface area contributed by atoms with Crippen molar-refractivity contribution in [3.8, 4) is 0 Å². The number of ether oxygens (including phenoxy) is 1. The number of rotatable bonds is 6. The Kier molecular flexibility index (Phi) is 6.16. The van der Waals surface area contributed by atoms with E-state index in [4.69, 9.17) is 10.5 Å². The lowest BCUT2D eigenvalue weighted by Crippen LogP contribution is -2.29. The fraction of sp³-hybridized carbons (Fsp3) is 0.300. The van der Waals surface area contributed by atoms with E-state index in [1.165, 1.54) is 12.1 Å². The molecule has 1 heterocycles. The Bertz CT molecular complexity index is 810. The third-order valence-corrected chi connectivity index (χ3v) is 4.40. The van der Waals surface area contributed by atoms with Crippen LogP contribution in [0, 0.1) is 5.82 Å². The van der Waals surface area contributed by atoms with Gasteiger partial charge in [-0.1, -0.05) is 24.3 Å². The third kappa shape index (κ3) is 5.12. The van der Waals surface area contributed by atoms with E-state index in [0.717, 1.165) is 12.0 Å². The molecule has 2 amide bonds. The molecule has 27 heavy (non-hydrogen) atoms. The largest absolute Gasteiger partial charge is 0.364 e. The van der Waals surface area contributed by atoms with Crippen LogP contribution in [-0.4, -0.2) is 30.6 Å². The predicted octanol–water partition coefficient (Wildman–Crippen LogP) is 2.45. The molecule has 1 aliphatic heterocycles. The van der Waals surface area contributed by atoms with Gasteiger partial charge in [0.25, 0.3) is 5.91 Å². The summed E-state index contributed by atoms with van der Waals surface area (Å²) in [5.74, 6) is -0.991. The van der Waals surface area contributed by atoms with E-state index < -0.39 is 11.9 Å². The van der Waals surface area contributed by atoms with Gasteiger partial charge in [0.15, 0.2) is 0 Å². The first kappa shape index (κ1) is 19.0. The molecule has 0 spiro atoms. The average Bonchev–Trinajstić information content (AvgIpc) is 3.15. The van der Waals surface area contributed by atoms with Crippen molar-refractivity contribution >= 4 is 23.2 Å². The lowest BCUT2D eigenvalue weighted by molar-refractivity contribution is -0.126. The Morgan fingerprint density at radius 3 is 2.48 bits per heavy atom. The summed E-state index contributed by atoms with van der Waals surface area (Å²) in [6.45, 7) is 0.410. The quantitative estimate of drug-likeness (QED) is 0.727. The molecule has 7 heteroatoms. The van der Waals surface area contributed by atoms with Crippen molar-refractivity contribution in [3.05, 3.63) is 59.9 Å². The van der Waals surface area contributed by atoms with E-state index in [2.05, 4.69) is 10.6 Å². The molecule has 0 aliphatic carbocycles. The molecule has 0 aromatic heterocycles. The summed E-state index contributed by atoms with van der Waals surface area (Å²) in [6, 6.07) is 12.9. The van der Waals surface area contributed by atoms with Crippen LogP contribution in [0.1, 0.15) is 18.4 Å². The molecule has 3 rings (SSSR count). The van der Waals surface area contributed by atoms with Gasteiger partial charge in [-0.2, -0.15) is 0 Å². The van der Waals surface area contributed by atoms with Gasteiger partial charge in [0.05, 0.1) is 18.2 Å². The van der Waals surface area contributed by atoms with Gasteiger partial charge in [0.1, 0.15) is 11.9 Å². The minimum Gasteiger partial charge on any atom is -0.364 e. The second-order valence-electron chi connectivity index (χ2n) is 6.45. The van der Waals surface area contributed by atoms with Gasteiger partial charge in [-0.3, -0.25) is 9.59 Å². The van der Waals surface area contributed by atoms with Crippen LogP contribution in [0.25, 0.3) is 0 Å². The monoisotopic (exact) mass is 371 g/mol. The number of carbonyl (C=O) groups is 2. The highest BCUT2D eigenvalue weighted by Crippen LogP contribution is 2.21. The van der Waals surface area contributed by atoms with Gasteiger partial charge in [-0.05, 0) is 42.7 Å².